The van der Waals surface area contributed by atoms with Gasteiger partial charge in [0.25, 0.3) is 5.69 Å². The van der Waals surface area contributed by atoms with Gasteiger partial charge in [-0.1, -0.05) is 35.5 Å². The summed E-state index contributed by atoms with van der Waals surface area (Å²) in [4.78, 5) is 10.4. The van der Waals surface area contributed by atoms with E-state index in [-0.39, 0.29) is 5.69 Å². The molecule has 21 heavy (non-hydrogen) atoms. The molecule has 0 aliphatic heterocycles. The van der Waals surface area contributed by atoms with E-state index in [1.165, 1.54) is 12.1 Å². The molecule has 2 aromatic carbocycles. The molecule has 1 heterocycles. The number of nitro groups is 1. The molecule has 0 spiro atoms. The maximum Gasteiger partial charge on any atom is 0.269 e. The van der Waals surface area contributed by atoms with Crippen molar-refractivity contribution in [1.29, 1.82) is 0 Å². The number of aromatic nitrogens is 3. The highest BCUT2D eigenvalue weighted by Crippen LogP contribution is 2.22. The topological polar surface area (TPSA) is 73.8 Å². The molecular weight excluding hydrogens is 268 g/mol. The minimum absolute atomic E-state index is 0.0691. The molecule has 3 rings (SSSR count). The van der Waals surface area contributed by atoms with Crippen LogP contribution in [-0.2, 0) is 0 Å². The Kier molecular flexibility index (Phi) is 3.19. The first kappa shape index (κ1) is 13.0. The fraction of sp³-hybridized carbons (Fsp3) is 0.0667. The van der Waals surface area contributed by atoms with Crippen LogP contribution in [0.3, 0.4) is 0 Å². The van der Waals surface area contributed by atoms with Crippen LogP contribution < -0.4 is 0 Å². The van der Waals surface area contributed by atoms with Gasteiger partial charge in [-0.05, 0) is 18.6 Å². The third-order valence-corrected chi connectivity index (χ3v) is 3.20. The molecule has 0 saturated carbocycles. The van der Waals surface area contributed by atoms with Gasteiger partial charge in [-0.15, -0.1) is 5.10 Å². The maximum absolute atomic E-state index is 10.8. The molecule has 6 heteroatoms. The maximum atomic E-state index is 10.8. The zero-order valence-electron chi connectivity index (χ0n) is 11.3. The molecule has 3 aromatic rings. The first-order valence-electron chi connectivity index (χ1n) is 6.38. The molecule has 0 N–H and O–H groups in total. The molecule has 0 unspecified atom stereocenters. The van der Waals surface area contributed by atoms with Gasteiger partial charge in [0.05, 0.1) is 16.8 Å². The summed E-state index contributed by atoms with van der Waals surface area (Å²) in [5.41, 5.74) is 3.35. The predicted octanol–water partition coefficient (Wildman–Crippen LogP) is 3.15. The van der Waals surface area contributed by atoms with Gasteiger partial charge in [-0.3, -0.25) is 10.1 Å². The average Bonchev–Trinajstić information content (AvgIpc) is 2.97. The highest BCUT2D eigenvalue weighted by atomic mass is 16.6. The van der Waals surface area contributed by atoms with Gasteiger partial charge in [0, 0.05) is 17.7 Å². The van der Waals surface area contributed by atoms with Gasteiger partial charge in [0.2, 0.25) is 0 Å². The second-order valence-corrected chi connectivity index (χ2v) is 4.64. The smallest absolute Gasteiger partial charge is 0.258 e. The van der Waals surface area contributed by atoms with E-state index < -0.39 is 4.92 Å². The molecule has 0 atom stereocenters. The Balaban J connectivity index is 1.99. The predicted molar refractivity (Wildman–Crippen MR) is 78.2 cm³/mol. The summed E-state index contributed by atoms with van der Waals surface area (Å²) in [6.45, 7) is 1.81. The van der Waals surface area contributed by atoms with Crippen molar-refractivity contribution in [2.45, 2.75) is 6.92 Å². The van der Waals surface area contributed by atoms with Gasteiger partial charge in [-0.2, -0.15) is 0 Å². The summed E-state index contributed by atoms with van der Waals surface area (Å²) in [6.07, 6.45) is 1.81. The third-order valence-electron chi connectivity index (χ3n) is 3.20. The second kappa shape index (κ2) is 5.16. The molecule has 0 bridgehead atoms. The van der Waals surface area contributed by atoms with Crippen LogP contribution in [0.1, 0.15) is 5.56 Å². The summed E-state index contributed by atoms with van der Waals surface area (Å²) in [6, 6.07) is 14.4. The van der Waals surface area contributed by atoms with E-state index in [9.17, 15) is 10.1 Å². The Bertz CT molecular complexity index is 796. The second-order valence-electron chi connectivity index (χ2n) is 4.64. The normalized spacial score (nSPS) is 10.5. The van der Waals surface area contributed by atoms with E-state index in [1.807, 2.05) is 43.5 Å². The molecule has 6 nitrogen and oxygen atoms in total. The Morgan fingerprint density at radius 2 is 1.90 bits per heavy atom. The van der Waals surface area contributed by atoms with Crippen LogP contribution in [0.15, 0.2) is 54.7 Å². The fourth-order valence-electron chi connectivity index (χ4n) is 2.13. The minimum Gasteiger partial charge on any atom is -0.258 e. The van der Waals surface area contributed by atoms with Crippen molar-refractivity contribution < 1.29 is 4.92 Å². The Morgan fingerprint density at radius 3 is 2.57 bits per heavy atom. The van der Waals surface area contributed by atoms with Gasteiger partial charge >= 0.3 is 0 Å². The summed E-state index contributed by atoms with van der Waals surface area (Å²) in [7, 11) is 0. The Labute approximate surface area is 120 Å². The van der Waals surface area contributed by atoms with E-state index in [1.54, 1.807) is 10.7 Å². The van der Waals surface area contributed by atoms with Crippen LogP contribution in [0.25, 0.3) is 16.9 Å². The summed E-state index contributed by atoms with van der Waals surface area (Å²) >= 11 is 0. The molecule has 0 saturated heterocycles. The molecule has 0 fully saturated rings. The number of aryl methyl sites for hydroxylation is 1. The number of rotatable bonds is 3. The van der Waals surface area contributed by atoms with Gasteiger partial charge in [0.1, 0.15) is 5.69 Å². The molecule has 1 aromatic heterocycles. The monoisotopic (exact) mass is 280 g/mol. The largest absolute Gasteiger partial charge is 0.269 e. The van der Waals surface area contributed by atoms with Crippen LogP contribution in [0.5, 0.6) is 0 Å². The van der Waals surface area contributed by atoms with Crippen molar-refractivity contribution in [3.63, 3.8) is 0 Å². The average molecular weight is 280 g/mol. The number of benzene rings is 2. The lowest BCUT2D eigenvalue weighted by Crippen LogP contribution is -1.99. The molecule has 0 radical (unpaired) electrons. The van der Waals surface area contributed by atoms with Crippen molar-refractivity contribution >= 4 is 5.69 Å². The van der Waals surface area contributed by atoms with Crippen molar-refractivity contribution in [2.75, 3.05) is 0 Å². The van der Waals surface area contributed by atoms with E-state index >= 15 is 0 Å². The lowest BCUT2D eigenvalue weighted by atomic mass is 10.1. The summed E-state index contributed by atoms with van der Waals surface area (Å²) in [5.74, 6) is 0. The van der Waals surface area contributed by atoms with Crippen LogP contribution in [-0.4, -0.2) is 19.9 Å². The van der Waals surface area contributed by atoms with Crippen molar-refractivity contribution in [3.05, 3.63) is 70.4 Å². The molecular formula is C15H12N4O2. The number of non-ortho nitro benzene ring substituents is 1. The van der Waals surface area contributed by atoms with Crippen LogP contribution in [0, 0.1) is 17.0 Å². The molecule has 0 aliphatic rings. The van der Waals surface area contributed by atoms with Crippen LogP contribution in [0.2, 0.25) is 0 Å². The van der Waals surface area contributed by atoms with Crippen LogP contribution in [0.4, 0.5) is 5.69 Å². The van der Waals surface area contributed by atoms with E-state index in [2.05, 4.69) is 10.3 Å². The lowest BCUT2D eigenvalue weighted by molar-refractivity contribution is -0.384. The van der Waals surface area contributed by atoms with Crippen molar-refractivity contribution in [1.82, 2.24) is 15.0 Å². The lowest BCUT2D eigenvalue weighted by Gasteiger charge is -2.04. The number of nitro benzene ring substituents is 1. The van der Waals surface area contributed by atoms with E-state index in [4.69, 9.17) is 0 Å². The van der Waals surface area contributed by atoms with E-state index in [0.29, 0.717) is 0 Å². The quantitative estimate of drug-likeness (QED) is 0.545. The molecule has 0 amide bonds. The van der Waals surface area contributed by atoms with Gasteiger partial charge in [-0.25, -0.2) is 4.68 Å². The number of hydrogen-bond donors (Lipinski definition) is 0. The Hall–Kier alpha value is -3.02. The highest BCUT2D eigenvalue weighted by Gasteiger charge is 2.11. The molecule has 0 aliphatic carbocycles. The van der Waals surface area contributed by atoms with Crippen LogP contribution >= 0.6 is 0 Å². The van der Waals surface area contributed by atoms with Crippen molar-refractivity contribution in [3.8, 4) is 16.9 Å². The highest BCUT2D eigenvalue weighted by molar-refractivity contribution is 5.58. The van der Waals surface area contributed by atoms with Crippen molar-refractivity contribution in [2.24, 2.45) is 0 Å². The third kappa shape index (κ3) is 2.51. The number of hydrogen-bond acceptors (Lipinski definition) is 4. The summed E-state index contributed by atoms with van der Waals surface area (Å²) in [5, 5.41) is 19.0. The standard InChI is InChI=1S/C15H12N4O2/c1-11-9-13(19(20)21)7-8-15(11)18-10-14(16-17-18)12-5-3-2-4-6-12/h2-10H,1H3. The fourth-order valence-corrected chi connectivity index (χ4v) is 2.13. The molecule has 104 valence electrons. The van der Waals surface area contributed by atoms with Gasteiger partial charge < -0.3 is 0 Å². The number of nitrogens with zero attached hydrogens (tertiary/aromatic N) is 4. The van der Waals surface area contributed by atoms with E-state index in [0.717, 1.165) is 22.5 Å². The van der Waals surface area contributed by atoms with Gasteiger partial charge in [0.15, 0.2) is 0 Å². The zero-order valence-corrected chi connectivity index (χ0v) is 11.3. The summed E-state index contributed by atoms with van der Waals surface area (Å²) < 4.78 is 1.63. The first-order valence-corrected chi connectivity index (χ1v) is 6.38. The zero-order chi connectivity index (χ0) is 14.8. The first-order chi connectivity index (χ1) is 10.1. The Morgan fingerprint density at radius 1 is 1.14 bits per heavy atom. The SMILES string of the molecule is Cc1cc([N+](=O)[O-])ccc1-n1cc(-c2ccccc2)nn1. The minimum atomic E-state index is -0.409.